The van der Waals surface area contributed by atoms with Gasteiger partial charge in [0.1, 0.15) is 0 Å². The number of halogens is 2. The third kappa shape index (κ3) is 17.8. The zero-order chi connectivity index (χ0) is 4.99. The Labute approximate surface area is 92.7 Å². The van der Waals surface area contributed by atoms with Crippen molar-refractivity contribution in [3.63, 3.8) is 0 Å². The molecule has 0 spiro atoms. The molecule has 0 aliphatic carbocycles. The molecule has 0 aromatic carbocycles. The van der Waals surface area contributed by atoms with Gasteiger partial charge in [-0.15, -0.1) is 34.0 Å². The SMILES string of the molecule is Br.Br.CCP(O)CC.[Ir]. The molecule has 0 aliphatic rings. The smallest absolute Gasteiger partial charge is 0.0245 e. The van der Waals surface area contributed by atoms with Gasteiger partial charge in [-0.05, 0) is 12.3 Å². The van der Waals surface area contributed by atoms with Gasteiger partial charge in [0, 0.05) is 28.3 Å². The van der Waals surface area contributed by atoms with Crippen LogP contribution in [0, 0.1) is 0 Å². The van der Waals surface area contributed by atoms with Crippen molar-refractivity contribution in [2.24, 2.45) is 0 Å². The van der Waals surface area contributed by atoms with Gasteiger partial charge in [-0.2, -0.15) is 0 Å². The van der Waals surface area contributed by atoms with Gasteiger partial charge in [0.25, 0.3) is 0 Å². The van der Waals surface area contributed by atoms with Gasteiger partial charge < -0.3 is 4.89 Å². The van der Waals surface area contributed by atoms with Crippen molar-refractivity contribution in [1.29, 1.82) is 0 Å². The van der Waals surface area contributed by atoms with Crippen LogP contribution in [0.15, 0.2) is 0 Å². The second kappa shape index (κ2) is 16.5. The summed E-state index contributed by atoms with van der Waals surface area (Å²) in [7, 11) is -0.576. The Bertz CT molecular complexity index is 37.7. The predicted octanol–water partition coefficient (Wildman–Crippen LogP) is 2.57. The Morgan fingerprint density at radius 3 is 1.33 bits per heavy atom. The van der Waals surface area contributed by atoms with E-state index in [0.717, 1.165) is 12.3 Å². The minimum absolute atomic E-state index is 0. The van der Waals surface area contributed by atoms with E-state index in [-0.39, 0.29) is 54.1 Å². The summed E-state index contributed by atoms with van der Waals surface area (Å²) in [5.74, 6) is 0. The molecule has 0 saturated carbocycles. The molecule has 1 nitrogen and oxygen atoms in total. The fraction of sp³-hybridized carbons (Fsp3) is 1.00. The predicted molar refractivity (Wildman–Crippen MR) is 50.9 cm³/mol. The first kappa shape index (κ1) is 22.4. The van der Waals surface area contributed by atoms with E-state index in [1.54, 1.807) is 0 Å². The van der Waals surface area contributed by atoms with Gasteiger partial charge >= 0.3 is 0 Å². The molecular weight excluding hydrogens is 447 g/mol. The molecule has 0 aliphatic heterocycles. The van der Waals surface area contributed by atoms with E-state index in [0.29, 0.717) is 0 Å². The summed E-state index contributed by atoms with van der Waals surface area (Å²) in [6, 6.07) is 0. The molecule has 0 fully saturated rings. The summed E-state index contributed by atoms with van der Waals surface area (Å²) in [4.78, 5) is 8.73. The van der Waals surface area contributed by atoms with Crippen LogP contribution >= 0.6 is 42.1 Å². The van der Waals surface area contributed by atoms with Crippen LogP contribution in [-0.4, -0.2) is 17.2 Å². The Morgan fingerprint density at radius 2 is 1.33 bits per heavy atom. The van der Waals surface area contributed by atoms with Crippen LogP contribution in [0.1, 0.15) is 13.8 Å². The van der Waals surface area contributed by atoms with E-state index in [4.69, 9.17) is 4.89 Å². The molecule has 63 valence electrons. The summed E-state index contributed by atoms with van der Waals surface area (Å²) in [5, 5.41) is 0. The molecule has 9 heavy (non-hydrogen) atoms. The van der Waals surface area contributed by atoms with E-state index in [1.807, 2.05) is 13.8 Å². The van der Waals surface area contributed by atoms with Gasteiger partial charge in [0.05, 0.1) is 0 Å². The molecule has 0 heterocycles. The zero-order valence-electron chi connectivity index (χ0n) is 5.46. The minimum Gasteiger partial charge on any atom is -0.374 e. The van der Waals surface area contributed by atoms with Crippen molar-refractivity contribution in [3.05, 3.63) is 0 Å². The van der Waals surface area contributed by atoms with E-state index >= 15 is 0 Å². The number of rotatable bonds is 2. The van der Waals surface area contributed by atoms with Crippen molar-refractivity contribution in [2.45, 2.75) is 13.8 Å². The molecule has 1 radical (unpaired) electrons. The number of hydrogen-bond acceptors (Lipinski definition) is 1. The van der Waals surface area contributed by atoms with E-state index in [9.17, 15) is 0 Å². The third-order valence-corrected chi connectivity index (χ3v) is 2.19. The molecule has 0 amide bonds. The summed E-state index contributed by atoms with van der Waals surface area (Å²) in [6.45, 7) is 4.02. The van der Waals surface area contributed by atoms with E-state index < -0.39 is 8.15 Å². The molecule has 1 N–H and O–H groups in total. The van der Waals surface area contributed by atoms with Crippen LogP contribution in [0.2, 0.25) is 0 Å². The Balaban J connectivity index is -0.0000000417. The molecule has 0 rings (SSSR count). The van der Waals surface area contributed by atoms with Crippen LogP contribution < -0.4 is 0 Å². The number of hydrogen-bond donors (Lipinski definition) is 1. The monoisotopic (exact) mass is 459 g/mol. The van der Waals surface area contributed by atoms with Crippen molar-refractivity contribution in [3.8, 4) is 0 Å². The average molecular weight is 460 g/mol. The summed E-state index contributed by atoms with van der Waals surface area (Å²) >= 11 is 0. The van der Waals surface area contributed by atoms with Crippen molar-refractivity contribution in [1.82, 2.24) is 0 Å². The minimum atomic E-state index is -0.576. The van der Waals surface area contributed by atoms with Crippen molar-refractivity contribution >= 4 is 42.1 Å². The van der Waals surface area contributed by atoms with Gasteiger partial charge in [0.15, 0.2) is 0 Å². The quantitative estimate of drug-likeness (QED) is 0.629. The summed E-state index contributed by atoms with van der Waals surface area (Å²) in [6.07, 6.45) is 1.90. The second-order valence-electron chi connectivity index (χ2n) is 1.14. The van der Waals surface area contributed by atoms with Crippen LogP contribution in [-0.2, 0) is 20.1 Å². The van der Waals surface area contributed by atoms with Gasteiger partial charge in [0.2, 0.25) is 0 Å². The van der Waals surface area contributed by atoms with E-state index in [1.165, 1.54) is 0 Å². The Morgan fingerprint density at radius 1 is 1.11 bits per heavy atom. The summed E-state index contributed by atoms with van der Waals surface area (Å²) < 4.78 is 0. The third-order valence-electron chi connectivity index (χ3n) is 0.730. The molecular formula is C4H13Br2IrOP. The maximum absolute atomic E-state index is 8.73. The van der Waals surface area contributed by atoms with Gasteiger partial charge in [-0.1, -0.05) is 13.8 Å². The maximum atomic E-state index is 8.73. The van der Waals surface area contributed by atoms with E-state index in [2.05, 4.69) is 0 Å². The molecule has 0 bridgehead atoms. The second-order valence-corrected chi connectivity index (χ2v) is 3.42. The molecule has 0 aromatic heterocycles. The van der Waals surface area contributed by atoms with Crippen LogP contribution in [0.3, 0.4) is 0 Å². The summed E-state index contributed by atoms with van der Waals surface area (Å²) in [5.41, 5.74) is 0. The maximum Gasteiger partial charge on any atom is 0.0245 e. The normalized spacial score (nSPS) is 6.67. The van der Waals surface area contributed by atoms with Crippen molar-refractivity contribution in [2.75, 3.05) is 12.3 Å². The topological polar surface area (TPSA) is 20.2 Å². The first-order chi connectivity index (χ1) is 2.81. The standard InChI is InChI=1S/C4H11OP.2BrH.Ir/c1-3-6(5)4-2;;;/h5H,3-4H2,1-2H3;2*1H;. The van der Waals surface area contributed by atoms with Crippen LogP contribution in [0.25, 0.3) is 0 Å². The average Bonchev–Trinajstić information content (AvgIpc) is 1.65. The molecule has 0 unspecified atom stereocenters. The largest absolute Gasteiger partial charge is 0.374 e. The Kier molecular flexibility index (Phi) is 41.2. The first-order valence-corrected chi connectivity index (χ1v) is 3.91. The molecule has 0 atom stereocenters. The Hall–Kier alpha value is 2.00. The molecule has 5 heteroatoms. The van der Waals surface area contributed by atoms with Crippen molar-refractivity contribution < 1.29 is 25.0 Å². The fourth-order valence-corrected chi connectivity index (χ4v) is 0.671. The fourth-order valence-electron chi connectivity index (χ4n) is 0.224. The van der Waals surface area contributed by atoms with Crippen LogP contribution in [0.4, 0.5) is 0 Å². The van der Waals surface area contributed by atoms with Gasteiger partial charge in [-0.25, -0.2) is 0 Å². The molecule has 0 saturated heterocycles. The molecule has 0 aromatic rings. The van der Waals surface area contributed by atoms with Crippen LogP contribution in [0.5, 0.6) is 0 Å². The zero-order valence-corrected chi connectivity index (χ0v) is 12.2. The van der Waals surface area contributed by atoms with Gasteiger partial charge in [-0.3, -0.25) is 0 Å². The first-order valence-electron chi connectivity index (χ1n) is 2.25.